The van der Waals surface area contributed by atoms with Crippen LogP contribution in [0.2, 0.25) is 0 Å². The highest BCUT2D eigenvalue weighted by Gasteiger charge is 2.32. The van der Waals surface area contributed by atoms with E-state index in [0.717, 1.165) is 5.92 Å². The van der Waals surface area contributed by atoms with Crippen LogP contribution in [-0.2, 0) is 0 Å². The number of hydrogen-bond donors (Lipinski definition) is 1. The molecular weight excluding hydrogens is 481 g/mol. The van der Waals surface area contributed by atoms with E-state index in [2.05, 4.69) is 36.9 Å². The molecule has 1 N–H and O–H groups in total. The Morgan fingerprint density at radius 2 is 0.789 bits per heavy atom. The average molecular weight is 550 g/mol. The Bertz CT molecular complexity index is 513. The van der Waals surface area contributed by atoms with Crippen LogP contribution in [0.15, 0.2) is 0 Å². The molecule has 0 saturated carbocycles. The fraction of sp³-hybridized carbons (Fsp3) is 0.941. The van der Waals surface area contributed by atoms with Crippen molar-refractivity contribution in [2.45, 2.75) is 200 Å². The van der Waals surface area contributed by atoms with Crippen molar-refractivity contribution in [3.8, 4) is 12.4 Å². The predicted molar refractivity (Wildman–Crippen MR) is 173 cm³/mol. The lowest BCUT2D eigenvalue weighted by molar-refractivity contribution is 0.270. The summed E-state index contributed by atoms with van der Waals surface area (Å²) in [6.07, 6.45) is 40.4. The molecule has 38 heavy (non-hydrogen) atoms. The van der Waals surface area contributed by atoms with Crippen LogP contribution in [0.3, 0.4) is 0 Å². The summed E-state index contributed by atoms with van der Waals surface area (Å²) >= 11 is 0. The van der Waals surface area contributed by atoms with Crippen LogP contribution in [-0.4, -0.2) is 5.16 Å². The van der Waals surface area contributed by atoms with Gasteiger partial charge in [-0.3, -0.25) is 0 Å². The number of nitrogens with zero attached hydrogens (tertiary/aromatic N) is 2. The van der Waals surface area contributed by atoms with Gasteiger partial charge >= 0.3 is 0 Å². The van der Waals surface area contributed by atoms with Crippen molar-refractivity contribution in [1.29, 1.82) is 10.5 Å². The molecular formula is C34H68N3P. The first-order valence-electron chi connectivity index (χ1n) is 16.9. The van der Waals surface area contributed by atoms with Crippen molar-refractivity contribution in [3.63, 3.8) is 0 Å². The van der Waals surface area contributed by atoms with Crippen LogP contribution in [0.1, 0.15) is 195 Å². The maximum absolute atomic E-state index is 7.48. The lowest BCUT2D eigenvalue weighted by Gasteiger charge is -2.39. The van der Waals surface area contributed by atoms with Gasteiger partial charge in [-0.15, -0.1) is 9.24 Å². The SMILES string of the molecule is CCCCCCCCCCCCC(CCCCCC)C(P)(CCCCCC)CCCCCC.N#CNC#N. The van der Waals surface area contributed by atoms with E-state index in [1.807, 2.05) is 0 Å². The molecule has 0 aliphatic rings. The van der Waals surface area contributed by atoms with Gasteiger partial charge in [0.1, 0.15) is 0 Å². The smallest absolute Gasteiger partial charge is 0.190 e. The summed E-state index contributed by atoms with van der Waals surface area (Å²) in [7, 11) is 3.49. The van der Waals surface area contributed by atoms with Crippen molar-refractivity contribution in [3.05, 3.63) is 0 Å². The molecule has 0 amide bonds. The van der Waals surface area contributed by atoms with Crippen LogP contribution in [0.5, 0.6) is 0 Å². The van der Waals surface area contributed by atoms with E-state index < -0.39 is 0 Å². The minimum absolute atomic E-state index is 0.521. The van der Waals surface area contributed by atoms with E-state index in [-0.39, 0.29) is 0 Å². The molecule has 0 aromatic heterocycles. The minimum Gasteiger partial charge on any atom is -0.229 e. The molecule has 0 spiro atoms. The number of rotatable bonds is 27. The summed E-state index contributed by atoms with van der Waals surface area (Å²) in [6.45, 7) is 9.36. The molecule has 2 unspecified atom stereocenters. The van der Waals surface area contributed by atoms with Gasteiger partial charge in [0.25, 0.3) is 0 Å². The van der Waals surface area contributed by atoms with Gasteiger partial charge in [-0.1, -0.05) is 169 Å². The predicted octanol–water partition coefficient (Wildman–Crippen LogP) is 12.0. The van der Waals surface area contributed by atoms with Crippen molar-refractivity contribution >= 4 is 9.24 Å². The van der Waals surface area contributed by atoms with Crippen molar-refractivity contribution in [2.75, 3.05) is 0 Å². The highest BCUT2D eigenvalue weighted by molar-refractivity contribution is 7.19. The largest absolute Gasteiger partial charge is 0.229 e. The van der Waals surface area contributed by atoms with Crippen molar-refractivity contribution < 1.29 is 0 Å². The minimum atomic E-state index is 0.521. The molecule has 0 aromatic rings. The third-order valence-electron chi connectivity index (χ3n) is 8.23. The molecule has 0 bridgehead atoms. The quantitative estimate of drug-likeness (QED) is 0.0479. The molecule has 0 radical (unpaired) electrons. The fourth-order valence-corrected chi connectivity index (χ4v) is 6.48. The van der Waals surface area contributed by atoms with E-state index in [1.165, 1.54) is 179 Å². The van der Waals surface area contributed by atoms with Crippen molar-refractivity contribution in [2.24, 2.45) is 5.92 Å². The Labute approximate surface area is 242 Å². The topological polar surface area (TPSA) is 59.6 Å². The van der Waals surface area contributed by atoms with Crippen LogP contribution in [0.4, 0.5) is 0 Å². The molecule has 0 fully saturated rings. The van der Waals surface area contributed by atoms with Gasteiger partial charge in [0, 0.05) is 0 Å². The molecule has 224 valence electrons. The van der Waals surface area contributed by atoms with Gasteiger partial charge < -0.3 is 0 Å². The molecule has 0 saturated heterocycles. The number of hydrogen-bond acceptors (Lipinski definition) is 3. The first-order valence-corrected chi connectivity index (χ1v) is 17.5. The lowest BCUT2D eigenvalue weighted by Crippen LogP contribution is -2.32. The number of nitriles is 2. The summed E-state index contributed by atoms with van der Waals surface area (Å²) in [5, 5.41) is 17.2. The van der Waals surface area contributed by atoms with E-state index in [9.17, 15) is 0 Å². The molecule has 4 heteroatoms. The second kappa shape index (κ2) is 32.4. The average Bonchev–Trinajstić information content (AvgIpc) is 2.92. The first kappa shape index (κ1) is 39.4. The molecule has 3 nitrogen and oxygen atoms in total. The zero-order valence-corrected chi connectivity index (χ0v) is 27.6. The molecule has 0 aliphatic heterocycles. The Kier molecular flexibility index (Phi) is 33.6. The van der Waals surface area contributed by atoms with E-state index in [0.29, 0.717) is 5.16 Å². The van der Waals surface area contributed by atoms with Gasteiger partial charge in [0.15, 0.2) is 12.4 Å². The normalized spacial score (nSPS) is 11.8. The van der Waals surface area contributed by atoms with Crippen LogP contribution in [0, 0.1) is 28.8 Å². The Hall–Kier alpha value is -0.790. The second-order valence-electron chi connectivity index (χ2n) is 11.7. The fourth-order valence-electron chi connectivity index (χ4n) is 5.73. The Morgan fingerprint density at radius 3 is 1.11 bits per heavy atom. The Balaban J connectivity index is 0. The third-order valence-corrected chi connectivity index (χ3v) is 9.28. The first-order chi connectivity index (χ1) is 18.6. The molecule has 2 atom stereocenters. The number of nitrogens with one attached hydrogen (secondary N) is 1. The molecule has 0 rings (SSSR count). The van der Waals surface area contributed by atoms with Gasteiger partial charge in [0.2, 0.25) is 0 Å². The van der Waals surface area contributed by atoms with E-state index >= 15 is 0 Å². The number of unbranched alkanes of at least 4 members (excludes halogenated alkanes) is 18. The lowest BCUT2D eigenvalue weighted by atomic mass is 9.77. The summed E-state index contributed by atoms with van der Waals surface area (Å²) in [5.74, 6) is 0.941. The highest BCUT2D eigenvalue weighted by atomic mass is 31.0. The summed E-state index contributed by atoms with van der Waals surface area (Å²) in [4.78, 5) is 0. The van der Waals surface area contributed by atoms with E-state index in [1.54, 1.807) is 5.32 Å². The molecule has 0 aromatic carbocycles. The molecule has 0 aliphatic carbocycles. The van der Waals surface area contributed by atoms with Crippen LogP contribution in [0.25, 0.3) is 0 Å². The zero-order valence-electron chi connectivity index (χ0n) is 26.4. The third kappa shape index (κ3) is 26.8. The van der Waals surface area contributed by atoms with E-state index in [4.69, 9.17) is 10.5 Å². The summed E-state index contributed by atoms with van der Waals surface area (Å²) < 4.78 is 0. The zero-order chi connectivity index (χ0) is 28.6. The monoisotopic (exact) mass is 550 g/mol. The second-order valence-corrected chi connectivity index (χ2v) is 12.9. The molecule has 0 heterocycles. The van der Waals surface area contributed by atoms with Gasteiger partial charge in [-0.05, 0) is 36.8 Å². The summed E-state index contributed by atoms with van der Waals surface area (Å²) in [5.41, 5.74) is 0. The maximum atomic E-state index is 7.48. The van der Waals surface area contributed by atoms with Crippen LogP contribution >= 0.6 is 9.24 Å². The van der Waals surface area contributed by atoms with Crippen molar-refractivity contribution in [1.82, 2.24) is 5.32 Å². The van der Waals surface area contributed by atoms with Gasteiger partial charge in [0.05, 0.1) is 0 Å². The highest BCUT2D eigenvalue weighted by Crippen LogP contribution is 2.44. The maximum Gasteiger partial charge on any atom is 0.190 e. The van der Waals surface area contributed by atoms with Crippen LogP contribution < -0.4 is 5.32 Å². The summed E-state index contributed by atoms with van der Waals surface area (Å²) in [6, 6.07) is 0. The Morgan fingerprint density at radius 1 is 0.500 bits per heavy atom. The standard InChI is InChI=1S/C32H67P.C2HN3/c1-5-9-13-17-18-19-20-21-22-24-28-31(27-23-14-10-6-2)32(33,29-25-15-11-7-3)30-26-16-12-8-4;3-1-5-2-4/h31H,5-30,33H2,1-4H3;5H. The van der Waals surface area contributed by atoms with Gasteiger partial charge in [-0.2, -0.15) is 10.5 Å². The van der Waals surface area contributed by atoms with Gasteiger partial charge in [-0.25, -0.2) is 5.32 Å².